The van der Waals surface area contributed by atoms with Gasteiger partial charge in [-0.25, -0.2) is 9.78 Å². The van der Waals surface area contributed by atoms with Gasteiger partial charge in [-0.2, -0.15) is 0 Å². The normalized spacial score (nSPS) is 18.8. The average molecular weight is 328 g/mol. The molecule has 0 aromatic carbocycles. The van der Waals surface area contributed by atoms with Gasteiger partial charge in [-0.15, -0.1) is 0 Å². The molecule has 1 aromatic rings. The van der Waals surface area contributed by atoms with Crippen LogP contribution in [-0.4, -0.2) is 36.2 Å². The fourth-order valence-electron chi connectivity index (χ4n) is 2.55. The van der Waals surface area contributed by atoms with Crippen LogP contribution < -0.4 is 22.9 Å². The van der Waals surface area contributed by atoms with Crippen LogP contribution >= 0.6 is 0 Å². The van der Waals surface area contributed by atoms with Crippen molar-refractivity contribution < 1.29 is 26.8 Å². The van der Waals surface area contributed by atoms with Gasteiger partial charge in [0.15, 0.2) is 0 Å². The minimum atomic E-state index is -0.605. The monoisotopic (exact) mass is 327 g/mol. The first-order valence-corrected chi connectivity index (χ1v) is 7.25. The summed E-state index contributed by atoms with van der Waals surface area (Å²) in [6.07, 6.45) is 5.13. The highest BCUT2D eigenvalue weighted by Crippen LogP contribution is 2.28. The van der Waals surface area contributed by atoms with Crippen LogP contribution in [0.25, 0.3) is 5.57 Å². The highest BCUT2D eigenvalue weighted by atomic mass is 35.5. The molecule has 0 spiro atoms. The first-order chi connectivity index (χ1) is 9.95. The van der Waals surface area contributed by atoms with E-state index in [-0.39, 0.29) is 36.2 Å². The zero-order valence-electron chi connectivity index (χ0n) is 13.4. The first kappa shape index (κ1) is 18.4. The Morgan fingerprint density at radius 3 is 2.82 bits per heavy atom. The zero-order chi connectivity index (χ0) is 15.6. The van der Waals surface area contributed by atoms with Gasteiger partial charge in [-0.3, -0.25) is 9.36 Å². The van der Waals surface area contributed by atoms with Gasteiger partial charge in [-0.1, -0.05) is 0 Å². The number of hydrogen-bond donors (Lipinski definition) is 1. The Morgan fingerprint density at radius 2 is 2.23 bits per heavy atom. The zero-order valence-corrected chi connectivity index (χ0v) is 14.1. The average Bonchev–Trinajstić information content (AvgIpc) is 2.41. The predicted octanol–water partition coefficient (Wildman–Crippen LogP) is -2.74. The lowest BCUT2D eigenvalue weighted by atomic mass is 10.0. The second-order valence-corrected chi connectivity index (χ2v) is 5.53. The second kappa shape index (κ2) is 7.56. The lowest BCUT2D eigenvalue weighted by Gasteiger charge is -2.26. The van der Waals surface area contributed by atoms with Crippen molar-refractivity contribution in [2.24, 2.45) is 0 Å². The molecule has 1 N–H and O–H groups in total. The van der Waals surface area contributed by atoms with Crippen molar-refractivity contribution in [3.05, 3.63) is 34.1 Å². The van der Waals surface area contributed by atoms with Crippen molar-refractivity contribution in [3.8, 4) is 0 Å². The van der Waals surface area contributed by atoms with E-state index in [0.29, 0.717) is 5.82 Å². The summed E-state index contributed by atoms with van der Waals surface area (Å²) in [4.78, 5) is 29.9. The van der Waals surface area contributed by atoms with E-state index in [2.05, 4.69) is 4.98 Å². The number of aromatic nitrogens is 2. The number of esters is 1. The van der Waals surface area contributed by atoms with Crippen molar-refractivity contribution in [2.75, 3.05) is 20.7 Å². The molecule has 0 radical (unpaired) electrons. The Hall–Kier alpha value is -1.66. The summed E-state index contributed by atoms with van der Waals surface area (Å²) in [5.41, 5.74) is 0.733. The number of rotatable bonds is 3. The number of hydrogen-bond acceptors (Lipinski definition) is 4. The molecule has 0 bridgehead atoms. The molecule has 0 amide bonds. The molecule has 2 rings (SSSR count). The van der Waals surface area contributed by atoms with Gasteiger partial charge in [0, 0.05) is 17.8 Å². The van der Waals surface area contributed by atoms with Crippen LogP contribution in [0.15, 0.2) is 17.2 Å². The lowest BCUT2D eigenvalue weighted by molar-refractivity contribution is -0.800. The minimum Gasteiger partial charge on any atom is -1.00 e. The molecule has 22 heavy (non-hydrogen) atoms. The van der Waals surface area contributed by atoms with Crippen molar-refractivity contribution in [3.63, 3.8) is 0 Å². The number of carbonyl (C=O) groups is 1. The molecule has 7 heteroatoms. The van der Waals surface area contributed by atoms with E-state index in [4.69, 9.17) is 4.74 Å². The van der Waals surface area contributed by atoms with Crippen LogP contribution in [0.2, 0.25) is 0 Å². The summed E-state index contributed by atoms with van der Waals surface area (Å²) in [6.45, 7) is 3.93. The van der Waals surface area contributed by atoms with Crippen LogP contribution in [0.3, 0.4) is 0 Å². The molecule has 2 heterocycles. The van der Waals surface area contributed by atoms with Crippen LogP contribution in [-0.2, 0) is 4.74 Å². The molecule has 1 aliphatic heterocycles. The standard InChI is InChI=1S/C15H21N3O3.ClH/c1-5-21-15(20)12-8-16-13-11(9-17(3)4)7-6-10(2)18(13)14(12)19;/h8-10H,5-7H2,1-4H3;1H. The Balaban J connectivity index is 0.00000242. The molecule has 1 atom stereocenters. The maximum atomic E-state index is 12.6. The molecule has 0 fully saturated rings. The third kappa shape index (κ3) is 3.56. The van der Waals surface area contributed by atoms with E-state index in [1.54, 1.807) is 11.5 Å². The summed E-state index contributed by atoms with van der Waals surface area (Å²) in [7, 11) is 4.03. The maximum Gasteiger partial charge on any atom is 0.345 e. The fourth-order valence-corrected chi connectivity index (χ4v) is 2.55. The Bertz CT molecular complexity index is 637. The second-order valence-electron chi connectivity index (χ2n) is 5.53. The van der Waals surface area contributed by atoms with Crippen molar-refractivity contribution in [2.45, 2.75) is 32.7 Å². The highest BCUT2D eigenvalue weighted by Gasteiger charge is 2.26. The van der Waals surface area contributed by atoms with Gasteiger partial charge in [0.05, 0.1) is 20.7 Å². The third-order valence-electron chi connectivity index (χ3n) is 3.51. The van der Waals surface area contributed by atoms with Gasteiger partial charge < -0.3 is 22.0 Å². The lowest BCUT2D eigenvalue weighted by Crippen LogP contribution is -3.00. The summed E-state index contributed by atoms with van der Waals surface area (Å²) in [6, 6.07) is 0.0312. The maximum absolute atomic E-state index is 12.6. The van der Waals surface area contributed by atoms with Gasteiger partial charge in [-0.05, 0) is 26.7 Å². The number of ether oxygens (including phenoxy) is 1. The van der Waals surface area contributed by atoms with Crippen molar-refractivity contribution in [1.82, 2.24) is 9.55 Å². The van der Waals surface area contributed by atoms with Crippen molar-refractivity contribution >= 4 is 11.5 Å². The van der Waals surface area contributed by atoms with Crippen molar-refractivity contribution in [1.29, 1.82) is 0 Å². The number of carbonyl (C=O) groups excluding carboxylic acids is 1. The van der Waals surface area contributed by atoms with E-state index in [9.17, 15) is 9.59 Å². The molecule has 6 nitrogen and oxygen atoms in total. The molecule has 0 saturated heterocycles. The van der Waals surface area contributed by atoms with E-state index in [1.165, 1.54) is 6.20 Å². The van der Waals surface area contributed by atoms with Gasteiger partial charge in [0.25, 0.3) is 5.56 Å². The number of nitrogens with zero attached hydrogens (tertiary/aromatic N) is 2. The SMILES string of the molecule is CCOC(=O)c1cnc2n(c1=O)C(C)CCC2=C[NH+](C)C.[Cl-]. The van der Waals surface area contributed by atoms with Crippen LogP contribution in [0.1, 0.15) is 48.9 Å². The molecular weight excluding hydrogens is 306 g/mol. The molecular formula is C15H22ClN3O3. The van der Waals surface area contributed by atoms with Crippen LogP contribution in [0.5, 0.6) is 0 Å². The largest absolute Gasteiger partial charge is 1.00 e. The molecule has 0 aliphatic carbocycles. The predicted molar refractivity (Wildman–Crippen MR) is 79.2 cm³/mol. The van der Waals surface area contributed by atoms with E-state index in [1.807, 2.05) is 27.2 Å². The number of nitrogens with one attached hydrogen (secondary N) is 1. The molecule has 122 valence electrons. The highest BCUT2D eigenvalue weighted by molar-refractivity contribution is 5.88. The van der Waals surface area contributed by atoms with Crippen LogP contribution in [0, 0.1) is 0 Å². The van der Waals surface area contributed by atoms with Gasteiger partial charge >= 0.3 is 5.97 Å². The topological polar surface area (TPSA) is 65.6 Å². The molecule has 1 aliphatic rings. The van der Waals surface area contributed by atoms with E-state index in [0.717, 1.165) is 23.3 Å². The molecule has 0 saturated carbocycles. The molecule has 1 unspecified atom stereocenters. The Labute approximate surface area is 136 Å². The Morgan fingerprint density at radius 1 is 1.55 bits per heavy atom. The smallest absolute Gasteiger partial charge is 0.345 e. The van der Waals surface area contributed by atoms with E-state index < -0.39 is 5.97 Å². The summed E-state index contributed by atoms with van der Waals surface area (Å²) in [5.74, 6) is 0.0554. The third-order valence-corrected chi connectivity index (χ3v) is 3.51. The number of halogens is 1. The van der Waals surface area contributed by atoms with Crippen LogP contribution in [0.4, 0.5) is 0 Å². The summed E-state index contributed by atoms with van der Waals surface area (Å²) >= 11 is 0. The first-order valence-electron chi connectivity index (χ1n) is 7.25. The number of allylic oxidation sites excluding steroid dienone is 1. The number of fused-ring (bicyclic) bond motifs is 1. The quantitative estimate of drug-likeness (QED) is 0.612. The number of quaternary nitrogens is 1. The summed E-state index contributed by atoms with van der Waals surface area (Å²) < 4.78 is 6.53. The van der Waals surface area contributed by atoms with Gasteiger partial charge in [0.2, 0.25) is 0 Å². The fraction of sp³-hybridized carbons (Fsp3) is 0.533. The van der Waals surface area contributed by atoms with Gasteiger partial charge in [0.1, 0.15) is 17.6 Å². The Kier molecular flexibility index (Phi) is 6.32. The van der Waals surface area contributed by atoms with E-state index >= 15 is 0 Å². The minimum absolute atomic E-state index is 0. The summed E-state index contributed by atoms with van der Waals surface area (Å²) in [5, 5.41) is 0. The molecule has 1 aromatic heterocycles.